The summed E-state index contributed by atoms with van der Waals surface area (Å²) in [5.74, 6) is 0. The molecule has 68 valence electrons. The number of halogens is 1. The Morgan fingerprint density at radius 1 is 1.64 bits per heavy atom. The Morgan fingerprint density at radius 2 is 2.09 bits per heavy atom. The van der Waals surface area contributed by atoms with Crippen LogP contribution in [-0.2, 0) is 0 Å². The van der Waals surface area contributed by atoms with E-state index in [4.69, 9.17) is 5.73 Å². The molecule has 0 aliphatic heterocycles. The van der Waals surface area contributed by atoms with Gasteiger partial charge in [-0.3, -0.25) is 0 Å². The Morgan fingerprint density at radius 3 is 2.36 bits per heavy atom. The van der Waals surface area contributed by atoms with Crippen LogP contribution in [-0.4, -0.2) is 27.2 Å². The monoisotopic (exact) mass is 269 g/mol. The predicted molar refractivity (Wildman–Crippen MR) is 46.0 cm³/mol. The molecule has 2 nitrogen and oxygen atoms in total. The topological polar surface area (TPSA) is 29.3 Å². The number of nitrogens with zero attached hydrogens (tertiary/aromatic N) is 1. The van der Waals surface area contributed by atoms with E-state index in [2.05, 4.69) is 35.5 Å². The molecule has 0 aromatic heterocycles. The van der Waals surface area contributed by atoms with Gasteiger partial charge in [-0.2, -0.15) is 0 Å². The molecule has 0 atom stereocenters. The van der Waals surface area contributed by atoms with Crippen LogP contribution in [0.2, 0.25) is 0 Å². The molecule has 0 aromatic carbocycles. The number of hydrogen-bond donors (Lipinski definition) is 1. The van der Waals surface area contributed by atoms with Gasteiger partial charge in [0.15, 0.2) is 0 Å². The summed E-state index contributed by atoms with van der Waals surface area (Å²) >= 11 is 0.132. The van der Waals surface area contributed by atoms with Crippen molar-refractivity contribution in [2.75, 3.05) is 18.5 Å². The van der Waals surface area contributed by atoms with Crippen LogP contribution in [0.3, 0.4) is 0 Å². The predicted octanol–water partition coefficient (Wildman–Crippen LogP) is -2.15. The van der Waals surface area contributed by atoms with Crippen molar-refractivity contribution in [2.24, 2.45) is 5.73 Å². The van der Waals surface area contributed by atoms with Gasteiger partial charge in [0.1, 0.15) is 0 Å². The Hall–Kier alpha value is 0.390. The molecule has 0 amide bonds. The van der Waals surface area contributed by atoms with Crippen molar-refractivity contribution in [3.63, 3.8) is 0 Å². The van der Waals surface area contributed by atoms with E-state index in [1.807, 2.05) is 0 Å². The minimum absolute atomic E-state index is 0.0801. The first-order valence-electron chi connectivity index (χ1n) is 3.58. The summed E-state index contributed by atoms with van der Waals surface area (Å²) in [6.45, 7) is 8.89. The van der Waals surface area contributed by atoms with Crippen molar-refractivity contribution in [2.45, 2.75) is 19.4 Å². The second kappa shape index (κ2) is 4.42. The van der Waals surface area contributed by atoms with E-state index < -0.39 is 0 Å². The fraction of sp³-hybridized carbons (Fsp3) is 0.750. The summed E-state index contributed by atoms with van der Waals surface area (Å²) in [5.41, 5.74) is 6.73. The number of likely N-dealkylation sites (N-methyl/N-ethyl adjacent to an activating group) is 1. The molecule has 0 aromatic rings. The normalized spacial score (nSPS) is 12.5. The van der Waals surface area contributed by atoms with Crippen molar-refractivity contribution in [3.8, 4) is 0 Å². The fourth-order valence-electron chi connectivity index (χ4n) is 0.679. The molecule has 0 radical (unpaired) electrons. The van der Waals surface area contributed by atoms with Crippen LogP contribution in [0.15, 0.2) is 12.2 Å². The molecular weight excluding hydrogens is 251 g/mol. The van der Waals surface area contributed by atoms with Crippen LogP contribution in [0.4, 0.5) is 0 Å². The van der Waals surface area contributed by atoms with Crippen molar-refractivity contribution in [1.29, 1.82) is 0 Å². The zero-order valence-electron chi connectivity index (χ0n) is 7.82. The number of rotatable bonds is 4. The molecular formula is C8H18IN2-. The van der Waals surface area contributed by atoms with E-state index >= 15 is 0 Å². The Kier molecular flexibility index (Phi) is 4.58. The van der Waals surface area contributed by atoms with Crippen molar-refractivity contribution >= 4 is 0 Å². The molecule has 0 saturated carbocycles. The van der Waals surface area contributed by atoms with Crippen molar-refractivity contribution < 1.29 is 21.5 Å². The van der Waals surface area contributed by atoms with E-state index in [1.54, 1.807) is 0 Å². The number of nitrogens with two attached hydrogens (primary N) is 1. The van der Waals surface area contributed by atoms with Gasteiger partial charge in [0.05, 0.1) is 0 Å². The SMILES string of the molecule is C=C(CN)C(C)(C)N(C)[I-]C. The van der Waals surface area contributed by atoms with Gasteiger partial charge in [0.2, 0.25) is 0 Å². The standard InChI is InChI=1S/C8H18IN2/c1-7(6-10)8(2,3)11(5)9-4/h1,6,10H2,2-5H3/q-1. The minimum atomic E-state index is 0.0801. The summed E-state index contributed by atoms with van der Waals surface area (Å²) in [6.07, 6.45) is 0. The molecule has 0 heterocycles. The first-order valence-corrected chi connectivity index (χ1v) is 6.71. The molecule has 0 saturated heterocycles. The van der Waals surface area contributed by atoms with Gasteiger partial charge in [-0.25, -0.2) is 0 Å². The zero-order valence-corrected chi connectivity index (χ0v) is 9.97. The van der Waals surface area contributed by atoms with Gasteiger partial charge >= 0.3 is 80.4 Å². The van der Waals surface area contributed by atoms with E-state index in [0.29, 0.717) is 6.54 Å². The quantitative estimate of drug-likeness (QED) is 0.273. The third kappa shape index (κ3) is 2.72. The van der Waals surface area contributed by atoms with E-state index in [0.717, 1.165) is 5.57 Å². The van der Waals surface area contributed by atoms with Gasteiger partial charge in [0, 0.05) is 0 Å². The van der Waals surface area contributed by atoms with Gasteiger partial charge in [0.25, 0.3) is 0 Å². The molecule has 0 fully saturated rings. The van der Waals surface area contributed by atoms with Crippen LogP contribution in [0.5, 0.6) is 0 Å². The zero-order chi connectivity index (χ0) is 9.07. The molecule has 0 aliphatic rings. The molecule has 0 bridgehead atoms. The molecule has 11 heavy (non-hydrogen) atoms. The summed E-state index contributed by atoms with van der Waals surface area (Å²) in [5, 5.41) is 0. The maximum atomic E-state index is 5.54. The van der Waals surface area contributed by atoms with Crippen LogP contribution >= 0.6 is 0 Å². The first kappa shape index (κ1) is 11.4. The Balaban J connectivity index is 4.31. The Bertz CT molecular complexity index is 143. The number of alkyl halides is 1. The second-order valence-corrected chi connectivity index (χ2v) is 5.43. The van der Waals surface area contributed by atoms with E-state index in [9.17, 15) is 0 Å². The Labute approximate surface area is 80.4 Å². The summed E-state index contributed by atoms with van der Waals surface area (Å²) in [6, 6.07) is 0. The summed E-state index contributed by atoms with van der Waals surface area (Å²) in [4.78, 5) is 2.24. The first-order chi connectivity index (χ1) is 4.96. The average molecular weight is 269 g/mol. The third-order valence-corrected chi connectivity index (χ3v) is 4.79. The molecule has 0 spiro atoms. The molecule has 0 rings (SSSR count). The van der Waals surface area contributed by atoms with Gasteiger partial charge in [-0.15, -0.1) is 0 Å². The summed E-state index contributed by atoms with van der Waals surface area (Å²) < 4.78 is 2.35. The van der Waals surface area contributed by atoms with Gasteiger partial charge in [-0.1, -0.05) is 0 Å². The van der Waals surface area contributed by atoms with Crippen molar-refractivity contribution in [1.82, 2.24) is 3.11 Å². The van der Waals surface area contributed by atoms with E-state index in [1.165, 1.54) is 0 Å². The van der Waals surface area contributed by atoms with E-state index in [-0.39, 0.29) is 27.0 Å². The maximum absolute atomic E-state index is 5.54. The van der Waals surface area contributed by atoms with Crippen molar-refractivity contribution in [3.05, 3.63) is 12.2 Å². The van der Waals surface area contributed by atoms with Gasteiger partial charge < -0.3 is 0 Å². The summed E-state index contributed by atoms with van der Waals surface area (Å²) in [7, 11) is 2.13. The van der Waals surface area contributed by atoms with Crippen LogP contribution < -0.4 is 27.2 Å². The van der Waals surface area contributed by atoms with Crippen LogP contribution in [0, 0.1) is 0 Å². The second-order valence-electron chi connectivity index (χ2n) is 3.01. The molecule has 0 unspecified atom stereocenters. The average Bonchev–Trinajstić information content (AvgIpc) is 2.01. The molecule has 0 aliphatic carbocycles. The molecule has 3 heteroatoms. The number of hydrogen-bond acceptors (Lipinski definition) is 2. The van der Waals surface area contributed by atoms with Crippen LogP contribution in [0.25, 0.3) is 0 Å². The third-order valence-electron chi connectivity index (χ3n) is 2.14. The van der Waals surface area contributed by atoms with Gasteiger partial charge in [-0.05, 0) is 0 Å². The molecule has 2 N–H and O–H groups in total. The fourth-order valence-corrected chi connectivity index (χ4v) is 2.23. The van der Waals surface area contributed by atoms with Crippen LogP contribution in [0.1, 0.15) is 13.8 Å².